The predicted octanol–water partition coefficient (Wildman–Crippen LogP) is 2.91. The van der Waals surface area contributed by atoms with Gasteiger partial charge in [0.05, 0.1) is 6.61 Å². The van der Waals surface area contributed by atoms with Gasteiger partial charge in [-0.15, -0.1) is 0 Å². The molecule has 0 atom stereocenters. The lowest BCUT2D eigenvalue weighted by Gasteiger charge is -2.01. The highest BCUT2D eigenvalue weighted by atomic mass is 16.5. The van der Waals surface area contributed by atoms with Gasteiger partial charge >= 0.3 is 0 Å². The van der Waals surface area contributed by atoms with E-state index in [0.29, 0.717) is 0 Å². The average molecular weight is 176 g/mol. The number of benzene rings is 1. The molecule has 0 fully saturated rings. The molecule has 1 rings (SSSR count). The first-order valence-corrected chi connectivity index (χ1v) is 4.66. The largest absolute Gasteiger partial charge is 0.381 e. The zero-order chi connectivity index (χ0) is 9.52. The van der Waals surface area contributed by atoms with Crippen LogP contribution < -0.4 is 0 Å². The SMILES string of the molecule is C=Cc1ccc(CCOCC)cc1. The minimum atomic E-state index is 0.796. The Bertz CT molecular complexity index is 248. The molecule has 0 heterocycles. The van der Waals surface area contributed by atoms with Crippen LogP contribution in [0.4, 0.5) is 0 Å². The molecule has 0 unspecified atom stereocenters. The van der Waals surface area contributed by atoms with Gasteiger partial charge in [-0.1, -0.05) is 36.9 Å². The number of hydrogen-bond acceptors (Lipinski definition) is 1. The smallest absolute Gasteiger partial charge is 0.0506 e. The van der Waals surface area contributed by atoms with Crippen molar-refractivity contribution in [2.45, 2.75) is 13.3 Å². The fourth-order valence-electron chi connectivity index (χ4n) is 1.15. The summed E-state index contributed by atoms with van der Waals surface area (Å²) in [6.45, 7) is 7.33. The highest BCUT2D eigenvalue weighted by Gasteiger charge is 1.92. The van der Waals surface area contributed by atoms with Gasteiger partial charge in [-0.2, -0.15) is 0 Å². The highest BCUT2D eigenvalue weighted by Crippen LogP contribution is 2.05. The molecular formula is C12H16O. The highest BCUT2D eigenvalue weighted by molar-refractivity contribution is 5.47. The van der Waals surface area contributed by atoms with Crippen molar-refractivity contribution in [3.05, 3.63) is 42.0 Å². The first-order chi connectivity index (χ1) is 6.36. The summed E-state index contributed by atoms with van der Waals surface area (Å²) in [5, 5.41) is 0. The Morgan fingerprint density at radius 2 is 2.00 bits per heavy atom. The van der Waals surface area contributed by atoms with E-state index in [-0.39, 0.29) is 0 Å². The molecule has 0 bridgehead atoms. The van der Waals surface area contributed by atoms with Crippen molar-refractivity contribution in [2.75, 3.05) is 13.2 Å². The van der Waals surface area contributed by atoms with Crippen LogP contribution in [-0.2, 0) is 11.2 Å². The Morgan fingerprint density at radius 3 is 2.54 bits per heavy atom. The molecule has 0 N–H and O–H groups in total. The third-order valence-corrected chi connectivity index (χ3v) is 1.95. The van der Waals surface area contributed by atoms with E-state index in [2.05, 4.69) is 30.8 Å². The first kappa shape index (κ1) is 10.0. The van der Waals surface area contributed by atoms with Gasteiger partial charge in [0.15, 0.2) is 0 Å². The maximum atomic E-state index is 5.27. The first-order valence-electron chi connectivity index (χ1n) is 4.66. The fraction of sp³-hybridized carbons (Fsp3) is 0.333. The Hall–Kier alpha value is -1.08. The van der Waals surface area contributed by atoms with Crippen LogP contribution in [0.25, 0.3) is 6.08 Å². The van der Waals surface area contributed by atoms with Crippen LogP contribution in [0.15, 0.2) is 30.8 Å². The summed E-state index contributed by atoms with van der Waals surface area (Å²) in [4.78, 5) is 0. The average Bonchev–Trinajstić information content (AvgIpc) is 2.19. The third-order valence-electron chi connectivity index (χ3n) is 1.95. The second-order valence-electron chi connectivity index (χ2n) is 2.89. The molecule has 0 aromatic heterocycles. The summed E-state index contributed by atoms with van der Waals surface area (Å²) in [6, 6.07) is 8.40. The van der Waals surface area contributed by atoms with Crippen molar-refractivity contribution in [2.24, 2.45) is 0 Å². The van der Waals surface area contributed by atoms with Crippen molar-refractivity contribution in [1.29, 1.82) is 0 Å². The molecule has 1 nitrogen and oxygen atoms in total. The van der Waals surface area contributed by atoms with Gasteiger partial charge in [0.1, 0.15) is 0 Å². The van der Waals surface area contributed by atoms with E-state index in [1.807, 2.05) is 13.0 Å². The fourth-order valence-corrected chi connectivity index (χ4v) is 1.15. The molecule has 0 aliphatic carbocycles. The van der Waals surface area contributed by atoms with Crippen LogP contribution in [0.2, 0.25) is 0 Å². The van der Waals surface area contributed by atoms with Crippen molar-refractivity contribution < 1.29 is 4.74 Å². The van der Waals surface area contributed by atoms with E-state index in [1.54, 1.807) is 0 Å². The Labute approximate surface area is 80.0 Å². The van der Waals surface area contributed by atoms with Crippen LogP contribution in [0.5, 0.6) is 0 Å². The zero-order valence-electron chi connectivity index (χ0n) is 8.12. The van der Waals surface area contributed by atoms with Crippen LogP contribution in [0.3, 0.4) is 0 Å². The molecule has 0 radical (unpaired) electrons. The van der Waals surface area contributed by atoms with Gasteiger partial charge in [0.25, 0.3) is 0 Å². The zero-order valence-corrected chi connectivity index (χ0v) is 8.12. The molecule has 0 aliphatic heterocycles. The molecule has 13 heavy (non-hydrogen) atoms. The topological polar surface area (TPSA) is 9.23 Å². The van der Waals surface area contributed by atoms with Crippen molar-refractivity contribution in [1.82, 2.24) is 0 Å². The monoisotopic (exact) mass is 176 g/mol. The lowest BCUT2D eigenvalue weighted by Crippen LogP contribution is -1.97. The maximum absolute atomic E-state index is 5.27. The molecule has 1 aromatic carbocycles. The van der Waals surface area contributed by atoms with Crippen LogP contribution in [0.1, 0.15) is 18.1 Å². The summed E-state index contributed by atoms with van der Waals surface area (Å²) in [5.41, 5.74) is 2.49. The molecule has 70 valence electrons. The molecule has 0 spiro atoms. The molecule has 0 aliphatic rings. The van der Waals surface area contributed by atoms with Crippen molar-refractivity contribution in [3.8, 4) is 0 Å². The van der Waals surface area contributed by atoms with Crippen LogP contribution in [0, 0.1) is 0 Å². The molecule has 0 saturated carbocycles. The Kier molecular flexibility index (Phi) is 4.27. The normalized spacial score (nSPS) is 9.92. The van der Waals surface area contributed by atoms with Crippen LogP contribution >= 0.6 is 0 Å². The van der Waals surface area contributed by atoms with E-state index >= 15 is 0 Å². The molecule has 0 amide bonds. The summed E-state index contributed by atoms with van der Waals surface area (Å²) < 4.78 is 5.27. The quantitative estimate of drug-likeness (QED) is 0.627. The Balaban J connectivity index is 2.44. The summed E-state index contributed by atoms with van der Waals surface area (Å²) in [5.74, 6) is 0. The second kappa shape index (κ2) is 5.55. The third kappa shape index (κ3) is 3.43. The van der Waals surface area contributed by atoms with Gasteiger partial charge in [0, 0.05) is 6.61 Å². The minimum absolute atomic E-state index is 0.796. The molecule has 1 aromatic rings. The number of hydrogen-bond donors (Lipinski definition) is 0. The lowest BCUT2D eigenvalue weighted by molar-refractivity contribution is 0.151. The van der Waals surface area contributed by atoms with Crippen molar-refractivity contribution in [3.63, 3.8) is 0 Å². The standard InChI is InChI=1S/C12H16O/c1-3-11-5-7-12(8-6-11)9-10-13-4-2/h3,5-8H,1,4,9-10H2,2H3. The molecule has 1 heteroatoms. The Morgan fingerprint density at radius 1 is 1.31 bits per heavy atom. The van der Waals surface area contributed by atoms with E-state index in [1.165, 1.54) is 11.1 Å². The maximum Gasteiger partial charge on any atom is 0.0506 e. The summed E-state index contributed by atoms with van der Waals surface area (Å²) in [7, 11) is 0. The number of ether oxygens (including phenoxy) is 1. The van der Waals surface area contributed by atoms with Gasteiger partial charge in [0.2, 0.25) is 0 Å². The predicted molar refractivity (Wildman–Crippen MR) is 56.7 cm³/mol. The van der Waals surface area contributed by atoms with E-state index in [4.69, 9.17) is 4.74 Å². The van der Waals surface area contributed by atoms with E-state index < -0.39 is 0 Å². The number of rotatable bonds is 5. The van der Waals surface area contributed by atoms with E-state index in [0.717, 1.165) is 19.6 Å². The van der Waals surface area contributed by atoms with Gasteiger partial charge in [-0.3, -0.25) is 0 Å². The van der Waals surface area contributed by atoms with Gasteiger partial charge in [-0.05, 0) is 24.5 Å². The molecular weight excluding hydrogens is 160 g/mol. The lowest BCUT2D eigenvalue weighted by atomic mass is 10.1. The van der Waals surface area contributed by atoms with Crippen molar-refractivity contribution >= 4 is 6.08 Å². The summed E-state index contributed by atoms with van der Waals surface area (Å²) in [6.07, 6.45) is 2.84. The summed E-state index contributed by atoms with van der Waals surface area (Å²) >= 11 is 0. The second-order valence-corrected chi connectivity index (χ2v) is 2.89. The van der Waals surface area contributed by atoms with E-state index in [9.17, 15) is 0 Å². The molecule has 0 saturated heterocycles. The van der Waals surface area contributed by atoms with Gasteiger partial charge < -0.3 is 4.74 Å². The minimum Gasteiger partial charge on any atom is -0.381 e. The van der Waals surface area contributed by atoms with Crippen LogP contribution in [-0.4, -0.2) is 13.2 Å². The van der Waals surface area contributed by atoms with Gasteiger partial charge in [-0.25, -0.2) is 0 Å².